The van der Waals surface area contributed by atoms with Crippen LogP contribution in [0.1, 0.15) is 20.8 Å². The number of fused-ring (bicyclic) bond motifs is 1. The van der Waals surface area contributed by atoms with E-state index in [-0.39, 0.29) is 16.8 Å². The highest BCUT2D eigenvalue weighted by Gasteiger charge is 2.25. The summed E-state index contributed by atoms with van der Waals surface area (Å²) in [5.74, 6) is -1.60. The number of nitrogens with zero attached hydrogens (tertiary/aromatic N) is 1. The number of rotatable bonds is 2. The standard InChI is InChI=1S/C9H5NO4/c11-4-5-3-7-6(9(13)14)1-2-10(7)8(5)12/h1-4H,(H,13,14). The summed E-state index contributed by atoms with van der Waals surface area (Å²) in [4.78, 5) is 32.4. The first-order valence-electron chi connectivity index (χ1n) is 3.81. The van der Waals surface area contributed by atoms with Crippen LogP contribution in [-0.2, 0) is 4.79 Å². The molecule has 1 aromatic heterocycles. The van der Waals surface area contributed by atoms with Gasteiger partial charge in [0.1, 0.15) is 0 Å². The average Bonchev–Trinajstić information content (AvgIpc) is 2.66. The largest absolute Gasteiger partial charge is 0.478 e. The Morgan fingerprint density at radius 2 is 2.21 bits per heavy atom. The number of carbonyl (C=O) groups excluding carboxylic acids is 2. The van der Waals surface area contributed by atoms with Crippen LogP contribution < -0.4 is 0 Å². The van der Waals surface area contributed by atoms with E-state index in [2.05, 4.69) is 0 Å². The van der Waals surface area contributed by atoms with Crippen LogP contribution in [0.15, 0.2) is 17.8 Å². The summed E-state index contributed by atoms with van der Waals surface area (Å²) in [5.41, 5.74) is 0.253. The molecule has 0 atom stereocenters. The average molecular weight is 191 g/mol. The third-order valence-electron chi connectivity index (χ3n) is 2.04. The molecular formula is C9H5NO4. The van der Waals surface area contributed by atoms with Crippen molar-refractivity contribution < 1.29 is 19.5 Å². The lowest BCUT2D eigenvalue weighted by molar-refractivity contribution is -0.104. The molecule has 0 aromatic carbocycles. The first kappa shape index (κ1) is 8.43. The molecule has 0 bridgehead atoms. The van der Waals surface area contributed by atoms with Gasteiger partial charge in [-0.05, 0) is 12.1 Å². The molecule has 1 aliphatic heterocycles. The smallest absolute Gasteiger partial charge is 0.337 e. The van der Waals surface area contributed by atoms with Crippen molar-refractivity contribution in [3.05, 3.63) is 29.1 Å². The first-order valence-corrected chi connectivity index (χ1v) is 3.81. The molecule has 0 aliphatic carbocycles. The van der Waals surface area contributed by atoms with Gasteiger partial charge in [0, 0.05) is 6.20 Å². The van der Waals surface area contributed by atoms with Crippen molar-refractivity contribution >= 4 is 24.2 Å². The molecule has 0 saturated heterocycles. The predicted molar refractivity (Wildman–Crippen MR) is 46.1 cm³/mol. The Morgan fingerprint density at radius 3 is 2.79 bits per heavy atom. The van der Waals surface area contributed by atoms with Gasteiger partial charge in [0.05, 0.1) is 16.8 Å². The van der Waals surface area contributed by atoms with E-state index in [9.17, 15) is 14.4 Å². The van der Waals surface area contributed by atoms with E-state index in [0.29, 0.717) is 6.29 Å². The minimum Gasteiger partial charge on any atom is -0.478 e. The van der Waals surface area contributed by atoms with Gasteiger partial charge in [-0.2, -0.15) is 0 Å². The van der Waals surface area contributed by atoms with Crippen molar-refractivity contribution in [1.29, 1.82) is 0 Å². The lowest BCUT2D eigenvalue weighted by Gasteiger charge is -1.94. The second kappa shape index (κ2) is 2.66. The maximum atomic E-state index is 11.3. The van der Waals surface area contributed by atoms with E-state index < -0.39 is 11.9 Å². The van der Waals surface area contributed by atoms with Gasteiger partial charge in [-0.15, -0.1) is 0 Å². The van der Waals surface area contributed by atoms with Crippen molar-refractivity contribution in [2.45, 2.75) is 0 Å². The zero-order chi connectivity index (χ0) is 10.3. The van der Waals surface area contributed by atoms with Gasteiger partial charge < -0.3 is 5.11 Å². The minimum atomic E-state index is -1.12. The fraction of sp³-hybridized carbons (Fsp3) is 0. The molecule has 14 heavy (non-hydrogen) atoms. The molecule has 5 heteroatoms. The van der Waals surface area contributed by atoms with Crippen molar-refractivity contribution in [2.24, 2.45) is 0 Å². The molecule has 0 unspecified atom stereocenters. The van der Waals surface area contributed by atoms with E-state index in [1.165, 1.54) is 18.3 Å². The van der Waals surface area contributed by atoms with Gasteiger partial charge in [-0.1, -0.05) is 0 Å². The Balaban J connectivity index is 2.62. The lowest BCUT2D eigenvalue weighted by atomic mass is 10.2. The second-order valence-corrected chi connectivity index (χ2v) is 2.81. The van der Waals surface area contributed by atoms with Crippen LogP contribution in [0.3, 0.4) is 0 Å². The summed E-state index contributed by atoms with van der Waals surface area (Å²) in [6.07, 6.45) is 3.04. The Morgan fingerprint density at radius 1 is 1.50 bits per heavy atom. The summed E-state index contributed by atoms with van der Waals surface area (Å²) < 4.78 is 1.15. The van der Waals surface area contributed by atoms with Crippen LogP contribution in [0, 0.1) is 0 Å². The second-order valence-electron chi connectivity index (χ2n) is 2.81. The molecule has 2 heterocycles. The van der Waals surface area contributed by atoms with Crippen molar-refractivity contribution in [1.82, 2.24) is 4.57 Å². The Labute approximate surface area is 78.3 Å². The molecule has 0 spiro atoms. The monoisotopic (exact) mass is 191 g/mol. The first-order chi connectivity index (χ1) is 6.65. The van der Waals surface area contributed by atoms with Crippen LogP contribution in [0.25, 0.3) is 6.08 Å². The SMILES string of the molecule is O=CC1=Cc2c(C(=O)O)ccn2C1=O. The Hall–Kier alpha value is -2.17. The summed E-state index contributed by atoms with van der Waals surface area (Å²) >= 11 is 0. The van der Waals surface area contributed by atoms with Crippen molar-refractivity contribution in [3.8, 4) is 0 Å². The van der Waals surface area contributed by atoms with Crippen LogP contribution in [0.5, 0.6) is 0 Å². The number of carboxylic acid groups (broad SMARTS) is 1. The summed E-state index contributed by atoms with van der Waals surface area (Å²) in [6.45, 7) is 0. The van der Waals surface area contributed by atoms with Gasteiger partial charge >= 0.3 is 5.97 Å². The number of hydrogen-bond donors (Lipinski definition) is 1. The van der Waals surface area contributed by atoms with E-state index in [0.717, 1.165) is 4.57 Å². The highest BCUT2D eigenvalue weighted by atomic mass is 16.4. The number of aromatic nitrogens is 1. The molecule has 2 rings (SSSR count). The molecule has 1 N–H and O–H groups in total. The van der Waals surface area contributed by atoms with Gasteiger partial charge in [-0.25, -0.2) is 4.79 Å². The lowest BCUT2D eigenvalue weighted by Crippen LogP contribution is -2.08. The summed E-state index contributed by atoms with van der Waals surface area (Å²) in [7, 11) is 0. The van der Waals surface area contributed by atoms with Crippen molar-refractivity contribution in [2.75, 3.05) is 0 Å². The van der Waals surface area contributed by atoms with E-state index in [4.69, 9.17) is 5.11 Å². The molecule has 5 nitrogen and oxygen atoms in total. The third kappa shape index (κ3) is 0.922. The predicted octanol–water partition coefficient (Wildman–Crippen LogP) is 0.422. The fourth-order valence-corrected chi connectivity index (χ4v) is 1.38. The van der Waals surface area contributed by atoms with Crippen LogP contribution in [0.4, 0.5) is 0 Å². The maximum Gasteiger partial charge on any atom is 0.337 e. The summed E-state index contributed by atoms with van der Waals surface area (Å²) in [5, 5.41) is 8.74. The maximum absolute atomic E-state index is 11.3. The molecule has 0 fully saturated rings. The van der Waals surface area contributed by atoms with Crippen LogP contribution in [-0.4, -0.2) is 27.8 Å². The molecule has 70 valence electrons. The zero-order valence-electron chi connectivity index (χ0n) is 6.93. The van der Waals surface area contributed by atoms with Gasteiger partial charge in [0.2, 0.25) is 0 Å². The number of allylic oxidation sites excluding steroid dienone is 1. The third-order valence-corrected chi connectivity index (χ3v) is 2.04. The topological polar surface area (TPSA) is 76.4 Å². The van der Waals surface area contributed by atoms with E-state index in [1.54, 1.807) is 0 Å². The molecule has 0 saturated carbocycles. The Bertz CT molecular complexity index is 481. The van der Waals surface area contributed by atoms with Gasteiger partial charge in [-0.3, -0.25) is 14.2 Å². The minimum absolute atomic E-state index is 0.0233. The number of carbonyl (C=O) groups is 3. The molecule has 1 aromatic rings. The molecular weight excluding hydrogens is 186 g/mol. The van der Waals surface area contributed by atoms with E-state index in [1.807, 2.05) is 0 Å². The van der Waals surface area contributed by atoms with Crippen LogP contribution >= 0.6 is 0 Å². The number of carboxylic acids is 1. The highest BCUT2D eigenvalue weighted by molar-refractivity contribution is 6.20. The number of hydrogen-bond acceptors (Lipinski definition) is 3. The number of aldehydes is 1. The van der Waals surface area contributed by atoms with Gasteiger partial charge in [0.25, 0.3) is 5.91 Å². The van der Waals surface area contributed by atoms with Gasteiger partial charge in [0.15, 0.2) is 6.29 Å². The van der Waals surface area contributed by atoms with Crippen LogP contribution in [0.2, 0.25) is 0 Å². The Kier molecular flexibility index (Phi) is 1.60. The molecule has 0 amide bonds. The molecule has 0 radical (unpaired) electrons. The highest BCUT2D eigenvalue weighted by Crippen LogP contribution is 2.22. The zero-order valence-corrected chi connectivity index (χ0v) is 6.93. The number of aromatic carboxylic acids is 1. The normalized spacial score (nSPS) is 13.7. The summed E-state index contributed by atoms with van der Waals surface area (Å²) in [6, 6.07) is 1.33. The molecule has 1 aliphatic rings. The van der Waals surface area contributed by atoms with E-state index >= 15 is 0 Å². The van der Waals surface area contributed by atoms with Crippen molar-refractivity contribution in [3.63, 3.8) is 0 Å². The fourth-order valence-electron chi connectivity index (χ4n) is 1.38. The quantitative estimate of drug-likeness (QED) is 0.543.